The number of ether oxygens (including phenoxy) is 1. The second kappa shape index (κ2) is 6.39. The highest BCUT2D eigenvalue weighted by atomic mass is 19.1. The van der Waals surface area contributed by atoms with Crippen molar-refractivity contribution in [2.75, 3.05) is 12.4 Å². The molecule has 0 amide bonds. The van der Waals surface area contributed by atoms with Crippen LogP contribution in [0.3, 0.4) is 0 Å². The molecule has 0 aromatic heterocycles. The maximum atomic E-state index is 13.8. The topological polar surface area (TPSA) is 41.5 Å². The molecule has 2 rings (SSSR count). The van der Waals surface area contributed by atoms with Crippen LogP contribution in [0.5, 0.6) is 5.75 Å². The molecule has 0 saturated heterocycles. The van der Waals surface area contributed by atoms with Gasteiger partial charge in [-0.25, -0.2) is 4.39 Å². The number of halogens is 1. The molecule has 2 aromatic carbocycles. The number of benzene rings is 2. The van der Waals surface area contributed by atoms with E-state index in [0.29, 0.717) is 12.2 Å². The Morgan fingerprint density at radius 1 is 1.25 bits per heavy atom. The van der Waals surface area contributed by atoms with Gasteiger partial charge in [-0.15, -0.1) is 0 Å². The van der Waals surface area contributed by atoms with Crippen LogP contribution in [0.4, 0.5) is 10.1 Å². The molecule has 106 valence electrons. The van der Waals surface area contributed by atoms with Crippen LogP contribution >= 0.6 is 0 Å². The molecule has 2 aromatic rings. The van der Waals surface area contributed by atoms with E-state index >= 15 is 0 Å². The average Bonchev–Trinajstić information content (AvgIpc) is 2.39. The fourth-order valence-corrected chi connectivity index (χ4v) is 2.11. The second-order valence-corrected chi connectivity index (χ2v) is 4.71. The molecule has 0 bridgehead atoms. The Bertz CT molecular complexity index is 586. The van der Waals surface area contributed by atoms with Crippen LogP contribution in [0.25, 0.3) is 0 Å². The zero-order valence-electron chi connectivity index (χ0n) is 11.6. The van der Waals surface area contributed by atoms with Crippen molar-refractivity contribution in [1.82, 2.24) is 0 Å². The first kappa shape index (κ1) is 14.3. The van der Waals surface area contributed by atoms with Crippen LogP contribution in [0, 0.1) is 5.82 Å². The van der Waals surface area contributed by atoms with Crippen molar-refractivity contribution in [1.29, 1.82) is 0 Å². The quantitative estimate of drug-likeness (QED) is 0.870. The molecule has 1 unspecified atom stereocenters. The number of hydrogen-bond acceptors (Lipinski definition) is 3. The molecule has 0 heterocycles. The van der Waals surface area contributed by atoms with Gasteiger partial charge in [-0.3, -0.25) is 0 Å². The molecule has 0 fully saturated rings. The summed E-state index contributed by atoms with van der Waals surface area (Å²) in [4.78, 5) is 0. The molecule has 0 aliphatic heterocycles. The number of anilines is 1. The summed E-state index contributed by atoms with van der Waals surface area (Å²) in [7, 11) is 1.65. The predicted octanol–water partition coefficient (Wildman–Crippen LogP) is 3.85. The van der Waals surface area contributed by atoms with E-state index in [1.165, 1.54) is 6.07 Å². The van der Waals surface area contributed by atoms with E-state index < -0.39 is 5.82 Å². The van der Waals surface area contributed by atoms with Crippen molar-refractivity contribution in [3.8, 4) is 5.75 Å². The molecule has 20 heavy (non-hydrogen) atoms. The number of phenolic OH excluding ortho intramolecular Hbond substituents is 1. The number of rotatable bonds is 5. The fraction of sp³-hybridized carbons (Fsp3) is 0.250. The standard InChI is InChI=1S/C16H18FNO2/c1-11(15-7-6-14(19)9-16(15)17)18-13-5-3-4-12(8-13)10-20-2/h3-9,11,18-19H,10H2,1-2H3. The van der Waals surface area contributed by atoms with Crippen molar-refractivity contribution in [2.24, 2.45) is 0 Å². The van der Waals surface area contributed by atoms with E-state index in [1.807, 2.05) is 31.2 Å². The summed E-state index contributed by atoms with van der Waals surface area (Å²) < 4.78 is 18.9. The van der Waals surface area contributed by atoms with Crippen molar-refractivity contribution in [3.63, 3.8) is 0 Å². The molecule has 1 atom stereocenters. The van der Waals surface area contributed by atoms with Crippen LogP contribution < -0.4 is 5.32 Å². The highest BCUT2D eigenvalue weighted by Crippen LogP contribution is 2.24. The summed E-state index contributed by atoms with van der Waals surface area (Å²) in [6.45, 7) is 2.41. The van der Waals surface area contributed by atoms with E-state index in [0.717, 1.165) is 17.3 Å². The smallest absolute Gasteiger partial charge is 0.132 e. The summed E-state index contributed by atoms with van der Waals surface area (Å²) in [6.07, 6.45) is 0. The normalized spacial score (nSPS) is 12.2. The lowest BCUT2D eigenvalue weighted by molar-refractivity contribution is 0.185. The first-order chi connectivity index (χ1) is 9.60. The Labute approximate surface area is 118 Å². The van der Waals surface area contributed by atoms with Gasteiger partial charge in [0, 0.05) is 24.4 Å². The van der Waals surface area contributed by atoms with E-state index in [9.17, 15) is 9.50 Å². The van der Waals surface area contributed by atoms with E-state index in [1.54, 1.807) is 13.2 Å². The molecule has 0 aliphatic rings. The van der Waals surface area contributed by atoms with Crippen LogP contribution in [-0.2, 0) is 11.3 Å². The maximum absolute atomic E-state index is 13.8. The van der Waals surface area contributed by atoms with Gasteiger partial charge in [0.2, 0.25) is 0 Å². The lowest BCUT2D eigenvalue weighted by Crippen LogP contribution is -2.08. The van der Waals surface area contributed by atoms with Gasteiger partial charge in [0.05, 0.1) is 12.6 Å². The number of phenols is 1. The summed E-state index contributed by atoms with van der Waals surface area (Å²) in [5, 5.41) is 12.5. The summed E-state index contributed by atoms with van der Waals surface area (Å²) in [5.41, 5.74) is 2.47. The zero-order valence-corrected chi connectivity index (χ0v) is 11.6. The molecule has 2 N–H and O–H groups in total. The van der Waals surface area contributed by atoms with Gasteiger partial charge >= 0.3 is 0 Å². The van der Waals surface area contributed by atoms with Crippen molar-refractivity contribution in [3.05, 3.63) is 59.4 Å². The summed E-state index contributed by atoms with van der Waals surface area (Å²) in [6, 6.07) is 11.8. The van der Waals surface area contributed by atoms with Crippen LogP contribution in [0.1, 0.15) is 24.1 Å². The van der Waals surface area contributed by atoms with Crippen LogP contribution in [-0.4, -0.2) is 12.2 Å². The number of nitrogens with one attached hydrogen (secondary N) is 1. The van der Waals surface area contributed by atoms with E-state index in [2.05, 4.69) is 5.32 Å². The van der Waals surface area contributed by atoms with Gasteiger partial charge in [-0.05, 0) is 30.7 Å². The minimum atomic E-state index is -0.418. The first-order valence-corrected chi connectivity index (χ1v) is 6.43. The zero-order chi connectivity index (χ0) is 14.5. The lowest BCUT2D eigenvalue weighted by atomic mass is 10.1. The predicted molar refractivity (Wildman–Crippen MR) is 77.3 cm³/mol. The van der Waals surface area contributed by atoms with Crippen molar-refractivity contribution < 1.29 is 14.2 Å². The average molecular weight is 275 g/mol. The molecular weight excluding hydrogens is 257 g/mol. The Balaban J connectivity index is 2.14. The largest absolute Gasteiger partial charge is 0.508 e. The molecule has 0 aliphatic carbocycles. The molecule has 4 heteroatoms. The molecule has 3 nitrogen and oxygen atoms in total. The third kappa shape index (κ3) is 3.48. The Hall–Kier alpha value is -2.07. The minimum Gasteiger partial charge on any atom is -0.508 e. The van der Waals surface area contributed by atoms with Gasteiger partial charge < -0.3 is 15.2 Å². The maximum Gasteiger partial charge on any atom is 0.132 e. The van der Waals surface area contributed by atoms with E-state index in [4.69, 9.17) is 4.74 Å². The number of hydrogen-bond donors (Lipinski definition) is 2. The number of methoxy groups -OCH3 is 1. The minimum absolute atomic E-state index is 0.0689. The third-order valence-electron chi connectivity index (χ3n) is 3.07. The molecule has 0 radical (unpaired) electrons. The third-order valence-corrected chi connectivity index (χ3v) is 3.07. The highest BCUT2D eigenvalue weighted by molar-refractivity contribution is 5.48. The van der Waals surface area contributed by atoms with E-state index in [-0.39, 0.29) is 11.8 Å². The Morgan fingerprint density at radius 3 is 2.75 bits per heavy atom. The molecule has 0 spiro atoms. The highest BCUT2D eigenvalue weighted by Gasteiger charge is 2.11. The van der Waals surface area contributed by atoms with Gasteiger partial charge in [0.25, 0.3) is 0 Å². The van der Waals surface area contributed by atoms with Gasteiger partial charge in [-0.1, -0.05) is 18.2 Å². The van der Waals surface area contributed by atoms with Crippen molar-refractivity contribution >= 4 is 5.69 Å². The molecule has 0 saturated carbocycles. The van der Waals surface area contributed by atoms with Crippen molar-refractivity contribution in [2.45, 2.75) is 19.6 Å². The van der Waals surface area contributed by atoms with Gasteiger partial charge in [0.15, 0.2) is 0 Å². The monoisotopic (exact) mass is 275 g/mol. The SMILES string of the molecule is COCc1cccc(NC(C)c2ccc(O)cc2F)c1. The lowest BCUT2D eigenvalue weighted by Gasteiger charge is -2.17. The number of aromatic hydroxyl groups is 1. The fourth-order valence-electron chi connectivity index (χ4n) is 2.11. The van der Waals surface area contributed by atoms with Crippen LogP contribution in [0.15, 0.2) is 42.5 Å². The second-order valence-electron chi connectivity index (χ2n) is 4.71. The van der Waals surface area contributed by atoms with Gasteiger partial charge in [-0.2, -0.15) is 0 Å². The summed E-state index contributed by atoms with van der Waals surface area (Å²) in [5.74, 6) is -0.487. The van der Waals surface area contributed by atoms with Crippen LogP contribution in [0.2, 0.25) is 0 Å². The molecular formula is C16H18FNO2. The first-order valence-electron chi connectivity index (χ1n) is 6.43. The Kier molecular flexibility index (Phi) is 4.58. The summed E-state index contributed by atoms with van der Waals surface area (Å²) >= 11 is 0. The van der Waals surface area contributed by atoms with Gasteiger partial charge in [0.1, 0.15) is 11.6 Å². The Morgan fingerprint density at radius 2 is 2.05 bits per heavy atom.